The predicted octanol–water partition coefficient (Wildman–Crippen LogP) is 1.13. The number of carbonyl (C=O) groups is 1. The molecule has 0 aliphatic carbocycles. The van der Waals surface area contributed by atoms with E-state index in [0.717, 1.165) is 0 Å². The fourth-order valence-electron chi connectivity index (χ4n) is 2.63. The number of rotatable bonds is 7. The first kappa shape index (κ1) is 19.7. The van der Waals surface area contributed by atoms with Crippen molar-refractivity contribution in [3.63, 3.8) is 0 Å². The minimum Gasteiger partial charge on any atom is -0.384 e. The van der Waals surface area contributed by atoms with Gasteiger partial charge in [-0.3, -0.25) is 9.69 Å². The number of piperazine rings is 1. The van der Waals surface area contributed by atoms with Crippen LogP contribution in [0, 0.1) is 0 Å². The second-order valence-corrected chi connectivity index (χ2v) is 7.93. The Morgan fingerprint density at radius 1 is 1.16 bits per heavy atom. The largest absolute Gasteiger partial charge is 0.384 e. The van der Waals surface area contributed by atoms with Gasteiger partial charge in [-0.1, -0.05) is 0 Å². The maximum Gasteiger partial charge on any atom is 0.253 e. The zero-order valence-electron chi connectivity index (χ0n) is 14.0. The SMILES string of the molecule is COCCS(=O)(=O)c1ccc(C(=O)N2CCN(CC(F)F)CC2)cc1. The molecule has 1 fully saturated rings. The number of amides is 1. The zero-order valence-corrected chi connectivity index (χ0v) is 14.8. The fraction of sp³-hybridized carbons (Fsp3) is 0.562. The standard InChI is InChI=1S/C16H22F2N2O4S/c1-24-10-11-25(22,23)14-4-2-13(3-5-14)16(21)20-8-6-19(7-9-20)12-15(17)18/h2-5,15H,6-12H2,1H3. The molecule has 6 nitrogen and oxygen atoms in total. The van der Waals surface area contributed by atoms with Crippen LogP contribution in [-0.2, 0) is 14.6 Å². The Bertz CT molecular complexity index is 672. The van der Waals surface area contributed by atoms with Crippen LogP contribution in [-0.4, -0.2) is 82.7 Å². The monoisotopic (exact) mass is 376 g/mol. The van der Waals surface area contributed by atoms with Crippen molar-refractivity contribution in [3.8, 4) is 0 Å². The number of carbonyl (C=O) groups excluding carboxylic acids is 1. The van der Waals surface area contributed by atoms with Crippen molar-refractivity contribution in [2.75, 3.05) is 52.2 Å². The minimum absolute atomic E-state index is 0.103. The molecular formula is C16H22F2N2O4S. The van der Waals surface area contributed by atoms with Crippen molar-refractivity contribution in [2.24, 2.45) is 0 Å². The molecule has 0 radical (unpaired) electrons. The van der Waals surface area contributed by atoms with Crippen molar-refractivity contribution in [2.45, 2.75) is 11.3 Å². The molecular weight excluding hydrogens is 354 g/mol. The van der Waals surface area contributed by atoms with Crippen LogP contribution in [0.5, 0.6) is 0 Å². The molecule has 25 heavy (non-hydrogen) atoms. The van der Waals surface area contributed by atoms with Crippen molar-refractivity contribution in [3.05, 3.63) is 29.8 Å². The summed E-state index contributed by atoms with van der Waals surface area (Å²) >= 11 is 0. The molecule has 0 unspecified atom stereocenters. The van der Waals surface area contributed by atoms with Gasteiger partial charge in [0.2, 0.25) is 0 Å². The summed E-state index contributed by atoms with van der Waals surface area (Å²) in [6.07, 6.45) is -2.38. The Morgan fingerprint density at radius 2 is 1.76 bits per heavy atom. The summed E-state index contributed by atoms with van der Waals surface area (Å²) in [6, 6.07) is 5.78. The van der Waals surface area contributed by atoms with Crippen LogP contribution < -0.4 is 0 Å². The average molecular weight is 376 g/mol. The lowest BCUT2D eigenvalue weighted by Crippen LogP contribution is -2.49. The summed E-state index contributed by atoms with van der Waals surface area (Å²) in [5.41, 5.74) is 0.382. The number of hydrogen-bond donors (Lipinski definition) is 0. The lowest BCUT2D eigenvalue weighted by Gasteiger charge is -2.34. The molecule has 1 aromatic carbocycles. The zero-order chi connectivity index (χ0) is 18.4. The van der Waals surface area contributed by atoms with E-state index in [0.29, 0.717) is 31.7 Å². The summed E-state index contributed by atoms with van der Waals surface area (Å²) in [5, 5.41) is 0. The molecule has 1 aromatic rings. The first-order valence-electron chi connectivity index (χ1n) is 7.95. The Labute approximate surface area is 146 Å². The number of benzene rings is 1. The van der Waals surface area contributed by atoms with E-state index in [9.17, 15) is 22.0 Å². The molecule has 0 aromatic heterocycles. The highest BCUT2D eigenvalue weighted by atomic mass is 32.2. The molecule has 1 heterocycles. The van der Waals surface area contributed by atoms with Crippen LogP contribution in [0.15, 0.2) is 29.2 Å². The number of nitrogens with zero attached hydrogens (tertiary/aromatic N) is 2. The second kappa shape index (κ2) is 8.68. The summed E-state index contributed by atoms with van der Waals surface area (Å²) in [6.45, 7) is 1.37. The molecule has 0 atom stereocenters. The Hall–Kier alpha value is -1.58. The van der Waals surface area contributed by atoms with Crippen molar-refractivity contribution < 1.29 is 26.7 Å². The second-order valence-electron chi connectivity index (χ2n) is 5.82. The van der Waals surface area contributed by atoms with Gasteiger partial charge in [-0.15, -0.1) is 0 Å². The third-order valence-corrected chi connectivity index (χ3v) is 5.77. The number of ether oxygens (including phenoxy) is 1. The van der Waals surface area contributed by atoms with Gasteiger partial charge in [0.15, 0.2) is 9.84 Å². The average Bonchev–Trinajstić information content (AvgIpc) is 2.60. The van der Waals surface area contributed by atoms with E-state index in [4.69, 9.17) is 4.74 Å². The predicted molar refractivity (Wildman–Crippen MR) is 88.7 cm³/mol. The van der Waals surface area contributed by atoms with Gasteiger partial charge in [0.25, 0.3) is 12.3 Å². The number of halogens is 2. The normalized spacial score (nSPS) is 16.4. The molecule has 2 rings (SSSR count). The topological polar surface area (TPSA) is 66.9 Å². The molecule has 1 amide bonds. The van der Waals surface area contributed by atoms with E-state index < -0.39 is 16.3 Å². The van der Waals surface area contributed by atoms with Crippen LogP contribution in [0.1, 0.15) is 10.4 Å². The summed E-state index contributed by atoms with van der Waals surface area (Å²) in [7, 11) is -2.01. The van der Waals surface area contributed by atoms with Crippen molar-refractivity contribution in [1.29, 1.82) is 0 Å². The first-order valence-corrected chi connectivity index (χ1v) is 9.60. The van der Waals surface area contributed by atoms with Crippen LogP contribution in [0.3, 0.4) is 0 Å². The summed E-state index contributed by atoms with van der Waals surface area (Å²) in [4.78, 5) is 15.8. The van der Waals surface area contributed by atoms with Crippen molar-refractivity contribution >= 4 is 15.7 Å². The maximum absolute atomic E-state index is 12.5. The quantitative estimate of drug-likeness (QED) is 0.714. The Morgan fingerprint density at radius 3 is 2.28 bits per heavy atom. The summed E-state index contributed by atoms with van der Waals surface area (Å²) in [5.74, 6) is -0.347. The summed E-state index contributed by atoms with van der Waals surface area (Å²) < 4.78 is 53.6. The van der Waals surface area contributed by atoms with Gasteiger partial charge >= 0.3 is 0 Å². The highest BCUT2D eigenvalue weighted by molar-refractivity contribution is 7.91. The smallest absolute Gasteiger partial charge is 0.253 e. The molecule has 1 aliphatic rings. The number of hydrogen-bond acceptors (Lipinski definition) is 5. The van der Waals surface area contributed by atoms with E-state index in [1.165, 1.54) is 31.4 Å². The number of methoxy groups -OCH3 is 1. The van der Waals surface area contributed by atoms with E-state index in [2.05, 4.69) is 0 Å². The van der Waals surface area contributed by atoms with Crippen LogP contribution in [0.2, 0.25) is 0 Å². The number of alkyl halides is 2. The van der Waals surface area contributed by atoms with E-state index >= 15 is 0 Å². The van der Waals surface area contributed by atoms with E-state index in [1.54, 1.807) is 9.80 Å². The maximum atomic E-state index is 12.5. The first-order chi connectivity index (χ1) is 11.8. The molecule has 1 aliphatic heterocycles. The van der Waals surface area contributed by atoms with Gasteiger partial charge in [-0.2, -0.15) is 0 Å². The van der Waals surface area contributed by atoms with Crippen molar-refractivity contribution in [1.82, 2.24) is 9.80 Å². The number of sulfone groups is 1. The lowest BCUT2D eigenvalue weighted by atomic mass is 10.2. The minimum atomic E-state index is -3.44. The van der Waals surface area contributed by atoms with E-state index in [-0.39, 0.29) is 29.7 Å². The third-order valence-electron chi connectivity index (χ3n) is 4.07. The molecule has 0 bridgehead atoms. The fourth-order valence-corrected chi connectivity index (χ4v) is 3.80. The highest BCUT2D eigenvalue weighted by Gasteiger charge is 2.24. The Kier molecular flexibility index (Phi) is 6.86. The van der Waals surface area contributed by atoms with Gasteiger partial charge in [-0.25, -0.2) is 17.2 Å². The van der Waals surface area contributed by atoms with Gasteiger partial charge in [-0.05, 0) is 24.3 Å². The molecule has 140 valence electrons. The molecule has 0 spiro atoms. The van der Waals surface area contributed by atoms with Gasteiger partial charge in [0.1, 0.15) is 0 Å². The van der Waals surface area contributed by atoms with Crippen LogP contribution >= 0.6 is 0 Å². The van der Waals surface area contributed by atoms with Crippen LogP contribution in [0.4, 0.5) is 8.78 Å². The lowest BCUT2D eigenvalue weighted by molar-refractivity contribution is 0.0459. The van der Waals surface area contributed by atoms with Crippen LogP contribution in [0.25, 0.3) is 0 Å². The van der Waals surface area contributed by atoms with Gasteiger partial charge < -0.3 is 9.64 Å². The molecule has 0 saturated carbocycles. The van der Waals surface area contributed by atoms with E-state index in [1.807, 2.05) is 0 Å². The Balaban J connectivity index is 1.97. The highest BCUT2D eigenvalue weighted by Crippen LogP contribution is 2.15. The third kappa shape index (κ3) is 5.45. The van der Waals surface area contributed by atoms with Gasteiger partial charge in [0.05, 0.1) is 23.8 Å². The molecule has 9 heteroatoms. The van der Waals surface area contributed by atoms with Gasteiger partial charge in [0, 0.05) is 38.9 Å². The molecule has 1 saturated heterocycles. The molecule has 0 N–H and O–H groups in total.